The lowest BCUT2D eigenvalue weighted by Crippen LogP contribution is -2.29. The number of hydrogen-bond donors (Lipinski definition) is 3. The van der Waals surface area contributed by atoms with E-state index in [1.165, 1.54) is 0 Å². The van der Waals surface area contributed by atoms with Crippen molar-refractivity contribution in [3.8, 4) is 0 Å². The zero-order valence-electron chi connectivity index (χ0n) is 8.99. The first-order chi connectivity index (χ1) is 7.63. The summed E-state index contributed by atoms with van der Waals surface area (Å²) < 4.78 is 0. The van der Waals surface area contributed by atoms with Gasteiger partial charge in [-0.1, -0.05) is 6.07 Å². The molecule has 0 bridgehead atoms. The number of carbonyl (C=O) groups is 2. The minimum Gasteiger partial charge on any atom is -0.384 e. The Kier molecular flexibility index (Phi) is 4.26. The molecule has 0 aliphatic rings. The van der Waals surface area contributed by atoms with Gasteiger partial charge in [-0.15, -0.1) is 0 Å². The van der Waals surface area contributed by atoms with Crippen molar-refractivity contribution in [2.45, 2.75) is 6.42 Å². The van der Waals surface area contributed by atoms with Gasteiger partial charge in [0.1, 0.15) is 11.5 Å². The highest BCUT2D eigenvalue weighted by Crippen LogP contribution is 1.99. The number of pyridine rings is 1. The third-order valence-corrected chi connectivity index (χ3v) is 1.92. The molecule has 0 aliphatic heterocycles. The predicted octanol–water partition coefficient (Wildman–Crippen LogP) is -0.470. The molecule has 0 radical (unpaired) electrons. The van der Waals surface area contributed by atoms with Gasteiger partial charge in [-0.3, -0.25) is 9.59 Å². The van der Waals surface area contributed by atoms with Crippen molar-refractivity contribution in [1.29, 1.82) is 0 Å². The fourth-order valence-electron chi connectivity index (χ4n) is 1.08. The van der Waals surface area contributed by atoms with Crippen LogP contribution in [0, 0.1) is 0 Å². The molecular formula is C10H14N4O2. The Morgan fingerprint density at radius 3 is 2.81 bits per heavy atom. The molecule has 0 aliphatic carbocycles. The van der Waals surface area contributed by atoms with Gasteiger partial charge in [0, 0.05) is 20.0 Å². The van der Waals surface area contributed by atoms with E-state index >= 15 is 0 Å². The normalized spacial score (nSPS) is 9.56. The van der Waals surface area contributed by atoms with Crippen LogP contribution in [0.4, 0.5) is 5.82 Å². The van der Waals surface area contributed by atoms with Gasteiger partial charge in [-0.25, -0.2) is 4.98 Å². The van der Waals surface area contributed by atoms with Crippen LogP contribution in [0.5, 0.6) is 0 Å². The van der Waals surface area contributed by atoms with Crippen LogP contribution >= 0.6 is 0 Å². The molecule has 6 nitrogen and oxygen atoms in total. The van der Waals surface area contributed by atoms with E-state index in [4.69, 9.17) is 5.73 Å². The molecule has 16 heavy (non-hydrogen) atoms. The number of nitrogens with one attached hydrogen (secondary N) is 2. The zero-order valence-corrected chi connectivity index (χ0v) is 8.99. The maximum atomic E-state index is 11.5. The van der Waals surface area contributed by atoms with Gasteiger partial charge < -0.3 is 16.4 Å². The molecule has 0 atom stereocenters. The first-order valence-corrected chi connectivity index (χ1v) is 4.85. The van der Waals surface area contributed by atoms with Crippen LogP contribution in [0.2, 0.25) is 0 Å². The lowest BCUT2D eigenvalue weighted by atomic mass is 10.3. The number of anilines is 1. The summed E-state index contributed by atoms with van der Waals surface area (Å²) in [5, 5.41) is 5.04. The van der Waals surface area contributed by atoms with Crippen molar-refractivity contribution >= 4 is 17.6 Å². The molecule has 0 saturated heterocycles. The Morgan fingerprint density at radius 1 is 1.44 bits per heavy atom. The minimum atomic E-state index is -0.337. The fraction of sp³-hybridized carbons (Fsp3) is 0.300. The number of hydrogen-bond acceptors (Lipinski definition) is 4. The first kappa shape index (κ1) is 12.0. The molecule has 1 heterocycles. The molecular weight excluding hydrogens is 208 g/mol. The van der Waals surface area contributed by atoms with Crippen molar-refractivity contribution in [2.75, 3.05) is 19.3 Å². The summed E-state index contributed by atoms with van der Waals surface area (Å²) in [5.41, 5.74) is 5.69. The molecule has 1 rings (SSSR count). The van der Waals surface area contributed by atoms with Crippen molar-refractivity contribution in [3.63, 3.8) is 0 Å². The molecule has 0 fully saturated rings. The topological polar surface area (TPSA) is 97.1 Å². The lowest BCUT2D eigenvalue weighted by molar-refractivity contribution is -0.120. The number of amides is 2. The van der Waals surface area contributed by atoms with Crippen molar-refractivity contribution < 1.29 is 9.59 Å². The molecule has 6 heteroatoms. The fourth-order valence-corrected chi connectivity index (χ4v) is 1.08. The molecule has 2 amide bonds. The molecule has 0 saturated carbocycles. The summed E-state index contributed by atoms with van der Waals surface area (Å²) in [7, 11) is 1.55. The van der Waals surface area contributed by atoms with Crippen LogP contribution in [0.1, 0.15) is 16.9 Å². The molecule has 0 unspecified atom stereocenters. The van der Waals surface area contributed by atoms with Gasteiger partial charge in [0.25, 0.3) is 5.91 Å². The van der Waals surface area contributed by atoms with Crippen LogP contribution in [0.25, 0.3) is 0 Å². The van der Waals surface area contributed by atoms with E-state index in [1.807, 2.05) is 0 Å². The van der Waals surface area contributed by atoms with Gasteiger partial charge >= 0.3 is 0 Å². The standard InChI is InChI=1S/C10H14N4O2/c1-12-9(15)5-6-13-10(16)7-3-2-4-8(11)14-7/h2-4H,5-6H2,1H3,(H2,11,14)(H,12,15)(H,13,16). The third-order valence-electron chi connectivity index (χ3n) is 1.92. The smallest absolute Gasteiger partial charge is 0.269 e. The van der Waals surface area contributed by atoms with Crippen LogP contribution in [0.3, 0.4) is 0 Å². The summed E-state index contributed by atoms with van der Waals surface area (Å²) in [6.45, 7) is 0.273. The Labute approximate surface area is 93.2 Å². The summed E-state index contributed by atoms with van der Waals surface area (Å²) in [5.74, 6) is -0.170. The Bertz CT molecular complexity index is 392. The molecule has 0 aromatic carbocycles. The number of nitrogen functional groups attached to an aromatic ring is 1. The zero-order chi connectivity index (χ0) is 12.0. The maximum absolute atomic E-state index is 11.5. The minimum absolute atomic E-state index is 0.124. The Balaban J connectivity index is 2.44. The number of aromatic nitrogens is 1. The van der Waals surface area contributed by atoms with E-state index in [2.05, 4.69) is 15.6 Å². The molecule has 1 aromatic rings. The highest BCUT2D eigenvalue weighted by Gasteiger charge is 2.07. The van der Waals surface area contributed by atoms with E-state index in [0.29, 0.717) is 5.82 Å². The van der Waals surface area contributed by atoms with Crippen LogP contribution in [0.15, 0.2) is 18.2 Å². The molecule has 86 valence electrons. The van der Waals surface area contributed by atoms with E-state index in [1.54, 1.807) is 25.2 Å². The van der Waals surface area contributed by atoms with E-state index in [-0.39, 0.29) is 30.5 Å². The second-order valence-corrected chi connectivity index (χ2v) is 3.13. The van der Waals surface area contributed by atoms with E-state index < -0.39 is 0 Å². The first-order valence-electron chi connectivity index (χ1n) is 4.85. The number of rotatable bonds is 4. The van der Waals surface area contributed by atoms with Gasteiger partial charge in [-0.2, -0.15) is 0 Å². The van der Waals surface area contributed by atoms with Gasteiger partial charge in [0.05, 0.1) is 0 Å². The molecule has 4 N–H and O–H groups in total. The summed E-state index contributed by atoms with van der Waals surface area (Å²) >= 11 is 0. The Morgan fingerprint density at radius 2 is 2.19 bits per heavy atom. The SMILES string of the molecule is CNC(=O)CCNC(=O)c1cccc(N)n1. The van der Waals surface area contributed by atoms with Gasteiger partial charge in [-0.05, 0) is 12.1 Å². The summed E-state index contributed by atoms with van der Waals surface area (Å²) in [6.07, 6.45) is 0.241. The second kappa shape index (κ2) is 5.69. The van der Waals surface area contributed by atoms with Crippen LogP contribution < -0.4 is 16.4 Å². The predicted molar refractivity (Wildman–Crippen MR) is 59.7 cm³/mol. The average molecular weight is 222 g/mol. The van der Waals surface area contributed by atoms with Crippen LogP contribution in [-0.2, 0) is 4.79 Å². The largest absolute Gasteiger partial charge is 0.384 e. The lowest BCUT2D eigenvalue weighted by Gasteiger charge is -2.04. The van der Waals surface area contributed by atoms with Crippen molar-refractivity contribution in [3.05, 3.63) is 23.9 Å². The Hall–Kier alpha value is -2.11. The second-order valence-electron chi connectivity index (χ2n) is 3.13. The maximum Gasteiger partial charge on any atom is 0.269 e. The van der Waals surface area contributed by atoms with Gasteiger partial charge in [0.15, 0.2) is 0 Å². The van der Waals surface area contributed by atoms with Crippen molar-refractivity contribution in [2.24, 2.45) is 0 Å². The number of nitrogens with zero attached hydrogens (tertiary/aromatic N) is 1. The highest BCUT2D eigenvalue weighted by molar-refractivity contribution is 5.92. The van der Waals surface area contributed by atoms with E-state index in [0.717, 1.165) is 0 Å². The number of carbonyl (C=O) groups excluding carboxylic acids is 2. The number of nitrogens with two attached hydrogens (primary N) is 1. The third kappa shape index (κ3) is 3.56. The quantitative estimate of drug-likeness (QED) is 0.641. The monoisotopic (exact) mass is 222 g/mol. The molecule has 0 spiro atoms. The molecule has 1 aromatic heterocycles. The van der Waals surface area contributed by atoms with Gasteiger partial charge in [0.2, 0.25) is 5.91 Å². The summed E-state index contributed by atoms with van der Waals surface area (Å²) in [4.78, 5) is 26.2. The van der Waals surface area contributed by atoms with Crippen molar-refractivity contribution in [1.82, 2.24) is 15.6 Å². The van der Waals surface area contributed by atoms with Crippen LogP contribution in [-0.4, -0.2) is 30.4 Å². The highest BCUT2D eigenvalue weighted by atomic mass is 16.2. The average Bonchev–Trinajstić information content (AvgIpc) is 2.28. The summed E-state index contributed by atoms with van der Waals surface area (Å²) in [6, 6.07) is 4.81. The van der Waals surface area contributed by atoms with E-state index in [9.17, 15) is 9.59 Å².